The first kappa shape index (κ1) is 17.3. The molecule has 0 spiro atoms. The third kappa shape index (κ3) is 3.45. The van der Waals surface area contributed by atoms with E-state index in [9.17, 15) is 4.79 Å². The number of aromatic nitrogens is 2. The van der Waals surface area contributed by atoms with Crippen LogP contribution in [0.4, 0.5) is 5.69 Å². The Balaban J connectivity index is 1.51. The number of piperazine rings is 1. The van der Waals surface area contributed by atoms with E-state index in [2.05, 4.69) is 53.0 Å². The maximum absolute atomic E-state index is 13.1. The molecule has 3 aromatic rings. The molecule has 1 N–H and O–H groups in total. The standard InChI is InChI=1S/C22H24N4O/c1-16-6-3-4-9-20(16)25-12-13-26(17(2)15-25)22(27)19-8-5-7-18(14-19)21-23-10-11-24-21/h3-11,14,17H,12-13,15H2,1-2H3,(H,23,24)/t17-/m0/s1. The molecule has 1 aromatic heterocycles. The lowest BCUT2D eigenvalue weighted by atomic mass is 10.1. The summed E-state index contributed by atoms with van der Waals surface area (Å²) in [6.07, 6.45) is 3.51. The molecule has 0 bridgehead atoms. The van der Waals surface area contributed by atoms with E-state index in [4.69, 9.17) is 0 Å². The molecule has 0 aliphatic carbocycles. The highest BCUT2D eigenvalue weighted by molar-refractivity contribution is 5.95. The zero-order valence-electron chi connectivity index (χ0n) is 15.7. The van der Waals surface area contributed by atoms with Crippen molar-refractivity contribution in [2.75, 3.05) is 24.5 Å². The Hall–Kier alpha value is -3.08. The summed E-state index contributed by atoms with van der Waals surface area (Å²) in [6, 6.07) is 16.3. The Morgan fingerprint density at radius 3 is 2.74 bits per heavy atom. The number of hydrogen-bond acceptors (Lipinski definition) is 3. The monoisotopic (exact) mass is 360 g/mol. The van der Waals surface area contributed by atoms with Crippen molar-refractivity contribution in [2.45, 2.75) is 19.9 Å². The van der Waals surface area contributed by atoms with Gasteiger partial charge in [0.2, 0.25) is 0 Å². The zero-order chi connectivity index (χ0) is 18.8. The number of benzene rings is 2. The highest BCUT2D eigenvalue weighted by Gasteiger charge is 2.28. The predicted molar refractivity (Wildman–Crippen MR) is 108 cm³/mol. The summed E-state index contributed by atoms with van der Waals surface area (Å²) in [5.74, 6) is 0.863. The van der Waals surface area contributed by atoms with Crippen LogP contribution in [0.2, 0.25) is 0 Å². The average molecular weight is 360 g/mol. The Morgan fingerprint density at radius 1 is 1.15 bits per heavy atom. The van der Waals surface area contributed by atoms with Gasteiger partial charge in [-0.15, -0.1) is 0 Å². The van der Waals surface area contributed by atoms with Gasteiger partial charge in [0.25, 0.3) is 5.91 Å². The largest absolute Gasteiger partial charge is 0.367 e. The van der Waals surface area contributed by atoms with Crippen molar-refractivity contribution in [3.63, 3.8) is 0 Å². The first-order valence-electron chi connectivity index (χ1n) is 9.35. The van der Waals surface area contributed by atoms with E-state index in [1.807, 2.05) is 29.2 Å². The molecule has 0 saturated carbocycles. The van der Waals surface area contributed by atoms with Gasteiger partial charge in [-0.2, -0.15) is 0 Å². The lowest BCUT2D eigenvalue weighted by Gasteiger charge is -2.41. The van der Waals surface area contributed by atoms with Gasteiger partial charge in [0.15, 0.2) is 0 Å². The molecule has 5 heteroatoms. The fourth-order valence-electron chi connectivity index (χ4n) is 3.78. The molecule has 0 unspecified atom stereocenters. The molecule has 27 heavy (non-hydrogen) atoms. The summed E-state index contributed by atoms with van der Waals surface area (Å²) in [4.78, 5) is 24.9. The van der Waals surface area contributed by atoms with E-state index >= 15 is 0 Å². The van der Waals surface area contributed by atoms with E-state index in [-0.39, 0.29) is 11.9 Å². The van der Waals surface area contributed by atoms with Crippen LogP contribution in [0.3, 0.4) is 0 Å². The van der Waals surface area contributed by atoms with Crippen LogP contribution in [0.5, 0.6) is 0 Å². The average Bonchev–Trinajstić information content (AvgIpc) is 3.23. The molecule has 1 aliphatic heterocycles. The number of aromatic amines is 1. The number of hydrogen-bond donors (Lipinski definition) is 1. The second-order valence-corrected chi connectivity index (χ2v) is 7.10. The van der Waals surface area contributed by atoms with Crippen LogP contribution in [0.1, 0.15) is 22.8 Å². The first-order chi connectivity index (χ1) is 13.1. The van der Waals surface area contributed by atoms with Crippen LogP contribution in [0.25, 0.3) is 11.4 Å². The lowest BCUT2D eigenvalue weighted by Crippen LogP contribution is -2.54. The van der Waals surface area contributed by atoms with E-state index < -0.39 is 0 Å². The van der Waals surface area contributed by atoms with Crippen molar-refractivity contribution in [2.24, 2.45) is 0 Å². The van der Waals surface area contributed by atoms with Gasteiger partial charge in [-0.1, -0.05) is 30.3 Å². The zero-order valence-corrected chi connectivity index (χ0v) is 15.7. The number of H-pyrrole nitrogens is 1. The number of nitrogens with zero attached hydrogens (tertiary/aromatic N) is 3. The van der Waals surface area contributed by atoms with Gasteiger partial charge in [-0.05, 0) is 37.6 Å². The van der Waals surface area contributed by atoms with Gasteiger partial charge in [0, 0.05) is 54.9 Å². The van der Waals surface area contributed by atoms with Crippen molar-refractivity contribution < 1.29 is 4.79 Å². The van der Waals surface area contributed by atoms with Crippen LogP contribution < -0.4 is 4.90 Å². The molecule has 4 rings (SSSR count). The normalized spacial score (nSPS) is 17.2. The molecule has 1 atom stereocenters. The molecule has 1 fully saturated rings. The Kier molecular flexibility index (Phi) is 4.67. The predicted octanol–water partition coefficient (Wildman–Crippen LogP) is 3.74. The summed E-state index contributed by atoms with van der Waals surface area (Å²) in [7, 11) is 0. The maximum Gasteiger partial charge on any atom is 0.254 e. The van der Waals surface area contributed by atoms with E-state index in [1.165, 1.54) is 11.3 Å². The number of aryl methyl sites for hydroxylation is 1. The summed E-state index contributed by atoms with van der Waals surface area (Å²) < 4.78 is 0. The summed E-state index contributed by atoms with van der Waals surface area (Å²) >= 11 is 0. The molecule has 1 aliphatic rings. The number of para-hydroxylation sites is 1. The summed E-state index contributed by atoms with van der Waals surface area (Å²) in [5.41, 5.74) is 4.17. The van der Waals surface area contributed by atoms with E-state index in [1.54, 1.807) is 12.4 Å². The fraction of sp³-hybridized carbons (Fsp3) is 0.273. The van der Waals surface area contributed by atoms with Crippen molar-refractivity contribution >= 4 is 11.6 Å². The minimum atomic E-state index is 0.0836. The SMILES string of the molecule is Cc1ccccc1N1CCN(C(=O)c2cccc(-c3ncc[nH]3)c2)[C@@H](C)C1. The molecule has 1 amide bonds. The number of carbonyl (C=O) groups excluding carboxylic acids is 1. The van der Waals surface area contributed by atoms with Crippen molar-refractivity contribution in [1.29, 1.82) is 0 Å². The van der Waals surface area contributed by atoms with Crippen LogP contribution in [0, 0.1) is 6.92 Å². The van der Waals surface area contributed by atoms with E-state index in [0.717, 1.165) is 31.0 Å². The second kappa shape index (κ2) is 7.27. The van der Waals surface area contributed by atoms with Gasteiger partial charge < -0.3 is 14.8 Å². The summed E-state index contributed by atoms with van der Waals surface area (Å²) in [5, 5.41) is 0. The Labute approximate surface area is 159 Å². The van der Waals surface area contributed by atoms with E-state index in [0.29, 0.717) is 5.56 Å². The molecule has 0 radical (unpaired) electrons. The minimum absolute atomic E-state index is 0.0836. The van der Waals surface area contributed by atoms with Gasteiger partial charge in [-0.25, -0.2) is 4.98 Å². The maximum atomic E-state index is 13.1. The second-order valence-electron chi connectivity index (χ2n) is 7.10. The Morgan fingerprint density at radius 2 is 2.00 bits per heavy atom. The molecule has 2 heterocycles. The number of nitrogens with one attached hydrogen (secondary N) is 1. The van der Waals surface area contributed by atoms with Crippen molar-refractivity contribution in [3.05, 3.63) is 72.1 Å². The third-order valence-electron chi connectivity index (χ3n) is 5.23. The van der Waals surface area contributed by atoms with Gasteiger partial charge in [0.05, 0.1) is 0 Å². The van der Waals surface area contributed by atoms with Crippen LogP contribution in [-0.4, -0.2) is 46.5 Å². The molecule has 138 valence electrons. The molecular formula is C22H24N4O. The summed E-state index contributed by atoms with van der Waals surface area (Å²) in [6.45, 7) is 6.67. The molecular weight excluding hydrogens is 336 g/mol. The number of anilines is 1. The Bertz CT molecular complexity index is 935. The minimum Gasteiger partial charge on any atom is -0.367 e. The highest BCUT2D eigenvalue weighted by Crippen LogP contribution is 2.24. The van der Waals surface area contributed by atoms with Crippen LogP contribution in [-0.2, 0) is 0 Å². The fourth-order valence-corrected chi connectivity index (χ4v) is 3.78. The molecule has 2 aromatic carbocycles. The smallest absolute Gasteiger partial charge is 0.254 e. The van der Waals surface area contributed by atoms with Crippen molar-refractivity contribution in [3.8, 4) is 11.4 Å². The van der Waals surface area contributed by atoms with Crippen molar-refractivity contribution in [1.82, 2.24) is 14.9 Å². The van der Waals surface area contributed by atoms with Gasteiger partial charge in [-0.3, -0.25) is 4.79 Å². The quantitative estimate of drug-likeness (QED) is 0.774. The third-order valence-corrected chi connectivity index (χ3v) is 5.23. The first-order valence-corrected chi connectivity index (χ1v) is 9.35. The number of carbonyl (C=O) groups is 1. The lowest BCUT2D eigenvalue weighted by molar-refractivity contribution is 0.0674. The van der Waals surface area contributed by atoms with Gasteiger partial charge in [0.1, 0.15) is 5.82 Å². The number of rotatable bonds is 3. The van der Waals surface area contributed by atoms with Gasteiger partial charge >= 0.3 is 0 Å². The van der Waals surface area contributed by atoms with Crippen LogP contribution >= 0.6 is 0 Å². The number of amides is 1. The van der Waals surface area contributed by atoms with Crippen LogP contribution in [0.15, 0.2) is 60.9 Å². The molecule has 5 nitrogen and oxygen atoms in total. The highest BCUT2D eigenvalue weighted by atomic mass is 16.2. The number of imidazole rings is 1. The molecule has 1 saturated heterocycles. The topological polar surface area (TPSA) is 52.2 Å².